The highest BCUT2D eigenvalue weighted by atomic mass is 28.3. The van der Waals surface area contributed by atoms with Gasteiger partial charge in [-0.05, 0) is 40.0 Å². The maximum absolute atomic E-state index is 7.05. The van der Waals surface area contributed by atoms with Crippen LogP contribution in [0.3, 0.4) is 0 Å². The summed E-state index contributed by atoms with van der Waals surface area (Å²) < 4.78 is 7.05. The molecule has 0 aliphatic heterocycles. The van der Waals surface area contributed by atoms with E-state index in [9.17, 15) is 0 Å². The Hall–Kier alpha value is -3.62. The molecule has 0 saturated heterocycles. The number of hydrogen-bond donors (Lipinski definition) is 0. The molecule has 180 valence electrons. The Bertz CT molecular complexity index is 1250. The smallest absolute Gasteiger partial charge is 0.223 e. The van der Waals surface area contributed by atoms with E-state index in [1.54, 1.807) is 0 Å². The number of hydrogen-bond acceptors (Lipinski definition) is 1. The van der Waals surface area contributed by atoms with Gasteiger partial charge >= 0.3 is 0 Å². The van der Waals surface area contributed by atoms with Crippen molar-refractivity contribution in [3.63, 3.8) is 0 Å². The van der Waals surface area contributed by atoms with E-state index in [2.05, 4.69) is 134 Å². The first kappa shape index (κ1) is 24.1. The molecule has 0 spiro atoms. The predicted octanol–water partition coefficient (Wildman–Crippen LogP) is 6.45. The average molecular weight is 487 g/mol. The molecule has 0 aliphatic carbocycles. The van der Waals surface area contributed by atoms with Gasteiger partial charge < -0.3 is 4.42 Å². The van der Waals surface area contributed by atoms with E-state index in [0.717, 1.165) is 23.1 Å². The zero-order valence-corrected chi connectivity index (χ0v) is 22.1. The van der Waals surface area contributed by atoms with Crippen LogP contribution in [0.15, 0.2) is 132 Å². The summed E-state index contributed by atoms with van der Waals surface area (Å²) in [6.07, 6.45) is 6.00. The van der Waals surface area contributed by atoms with Crippen LogP contribution in [0.25, 0.3) is 11.3 Å². The van der Waals surface area contributed by atoms with Crippen molar-refractivity contribution in [2.24, 2.45) is 0 Å². The molecule has 5 aromatic rings. The normalized spacial score (nSPS) is 11.5. The molecule has 0 radical (unpaired) electrons. The van der Waals surface area contributed by atoms with Crippen LogP contribution in [0.1, 0.15) is 38.2 Å². The number of benzene rings is 4. The lowest BCUT2D eigenvalue weighted by Gasteiger charge is -2.31. The summed E-state index contributed by atoms with van der Waals surface area (Å²) in [5.41, 5.74) is 2.48. The van der Waals surface area contributed by atoms with Crippen molar-refractivity contribution in [3.8, 4) is 11.3 Å². The maximum atomic E-state index is 7.05. The number of aryl methyl sites for hydroxylation is 1. The molecule has 0 N–H and O–H groups in total. The van der Waals surface area contributed by atoms with Gasteiger partial charge in [-0.25, -0.2) is 0 Å². The number of furan rings is 1. The van der Waals surface area contributed by atoms with Gasteiger partial charge in [-0.3, -0.25) is 0 Å². The molecule has 0 aliphatic rings. The SMILES string of the molecule is CCCCCCc1cc([Si](c2ccccc2)(c2ccccc2)c2ccccc2)oc1-c1ccccc1. The van der Waals surface area contributed by atoms with Gasteiger partial charge in [0.15, 0.2) is 0 Å². The van der Waals surface area contributed by atoms with E-state index in [4.69, 9.17) is 4.42 Å². The second kappa shape index (κ2) is 11.4. The van der Waals surface area contributed by atoms with Crippen LogP contribution in [0.5, 0.6) is 0 Å². The Balaban J connectivity index is 1.77. The lowest BCUT2D eigenvalue weighted by molar-refractivity contribution is 0.606. The third kappa shape index (κ3) is 4.74. The Morgan fingerprint density at radius 3 is 1.50 bits per heavy atom. The zero-order chi connectivity index (χ0) is 24.6. The van der Waals surface area contributed by atoms with E-state index in [1.807, 2.05) is 0 Å². The molecule has 0 fully saturated rings. The quantitative estimate of drug-likeness (QED) is 0.126. The monoisotopic (exact) mass is 486 g/mol. The molecule has 0 atom stereocenters. The van der Waals surface area contributed by atoms with Gasteiger partial charge in [-0.1, -0.05) is 148 Å². The van der Waals surface area contributed by atoms with Crippen LogP contribution in [-0.4, -0.2) is 8.07 Å². The maximum Gasteiger partial charge on any atom is 0.223 e. The molecule has 1 heterocycles. The van der Waals surface area contributed by atoms with Crippen LogP contribution in [0.2, 0.25) is 0 Å². The lowest BCUT2D eigenvalue weighted by atomic mass is 10.0. The summed E-state index contributed by atoms with van der Waals surface area (Å²) in [7, 11) is -2.66. The Morgan fingerprint density at radius 1 is 0.556 bits per heavy atom. The molecule has 0 saturated carbocycles. The first-order chi connectivity index (χ1) is 17.8. The average Bonchev–Trinajstić information content (AvgIpc) is 3.38. The molecule has 1 nitrogen and oxygen atoms in total. The summed E-state index contributed by atoms with van der Waals surface area (Å²) in [5, 5.41) is 5.13. The second-order valence-corrected chi connectivity index (χ2v) is 13.2. The van der Waals surface area contributed by atoms with Gasteiger partial charge in [0.05, 0.1) is 5.38 Å². The van der Waals surface area contributed by atoms with Gasteiger partial charge in [0.2, 0.25) is 8.07 Å². The molecular weight excluding hydrogens is 452 g/mol. The van der Waals surface area contributed by atoms with Gasteiger partial charge in [-0.15, -0.1) is 0 Å². The number of unbranched alkanes of at least 4 members (excludes halogenated alkanes) is 3. The highest BCUT2D eigenvalue weighted by Gasteiger charge is 2.45. The van der Waals surface area contributed by atoms with Crippen LogP contribution in [0.4, 0.5) is 0 Å². The summed E-state index contributed by atoms with van der Waals surface area (Å²) >= 11 is 0. The highest BCUT2D eigenvalue weighted by molar-refractivity contribution is 7.19. The molecule has 4 aromatic carbocycles. The fraction of sp³-hybridized carbons (Fsp3) is 0.176. The van der Waals surface area contributed by atoms with Crippen LogP contribution < -0.4 is 20.9 Å². The van der Waals surface area contributed by atoms with Gasteiger partial charge in [-0.2, -0.15) is 0 Å². The van der Waals surface area contributed by atoms with E-state index in [0.29, 0.717) is 0 Å². The third-order valence-corrected chi connectivity index (χ3v) is 11.7. The molecule has 2 heteroatoms. The minimum Gasteiger partial charge on any atom is -0.465 e. The molecular formula is C34H34OSi. The van der Waals surface area contributed by atoms with Crippen molar-refractivity contribution >= 4 is 29.0 Å². The first-order valence-electron chi connectivity index (χ1n) is 13.2. The molecule has 1 aromatic heterocycles. The Morgan fingerprint density at radius 2 is 1.03 bits per heavy atom. The standard InChI is InChI=1S/C34H34OSi/c1-2-3-4-9-20-29-27-33(35-34(29)28-18-10-5-11-19-28)36(30-21-12-6-13-22-30,31-23-14-7-15-24-31)32-25-16-8-17-26-32/h5-8,10-19,21-27H,2-4,9,20H2,1H3. The van der Waals surface area contributed by atoms with E-state index < -0.39 is 8.07 Å². The second-order valence-electron chi connectivity index (χ2n) is 9.49. The van der Waals surface area contributed by atoms with Crippen LogP contribution in [-0.2, 0) is 6.42 Å². The summed E-state index contributed by atoms with van der Waals surface area (Å²) in [4.78, 5) is 0. The third-order valence-electron chi connectivity index (χ3n) is 7.13. The largest absolute Gasteiger partial charge is 0.465 e. The highest BCUT2D eigenvalue weighted by Crippen LogP contribution is 2.27. The number of rotatable bonds is 10. The van der Waals surface area contributed by atoms with Crippen molar-refractivity contribution in [1.82, 2.24) is 0 Å². The summed E-state index contributed by atoms with van der Waals surface area (Å²) in [5.74, 6) is 1.03. The molecule has 36 heavy (non-hydrogen) atoms. The minimum absolute atomic E-state index is 1.03. The Labute approximate surface area is 216 Å². The van der Waals surface area contributed by atoms with Gasteiger partial charge in [0.25, 0.3) is 0 Å². The van der Waals surface area contributed by atoms with Crippen molar-refractivity contribution < 1.29 is 4.42 Å². The van der Waals surface area contributed by atoms with Gasteiger partial charge in [0.1, 0.15) is 5.76 Å². The zero-order valence-electron chi connectivity index (χ0n) is 21.1. The van der Waals surface area contributed by atoms with Crippen molar-refractivity contribution in [2.45, 2.75) is 39.0 Å². The van der Waals surface area contributed by atoms with E-state index >= 15 is 0 Å². The van der Waals surface area contributed by atoms with Crippen LogP contribution >= 0.6 is 0 Å². The Kier molecular flexibility index (Phi) is 7.63. The fourth-order valence-corrected chi connectivity index (χ4v) is 9.94. The van der Waals surface area contributed by atoms with Crippen molar-refractivity contribution in [1.29, 1.82) is 0 Å². The van der Waals surface area contributed by atoms with Crippen LogP contribution in [0, 0.1) is 0 Å². The predicted molar refractivity (Wildman–Crippen MR) is 156 cm³/mol. The van der Waals surface area contributed by atoms with Crippen molar-refractivity contribution in [2.75, 3.05) is 0 Å². The van der Waals surface area contributed by atoms with E-state index in [1.165, 1.54) is 46.8 Å². The summed E-state index contributed by atoms with van der Waals surface area (Å²) in [6, 6.07) is 46.1. The summed E-state index contributed by atoms with van der Waals surface area (Å²) in [6.45, 7) is 2.27. The lowest BCUT2D eigenvalue weighted by Crippen LogP contribution is -2.74. The topological polar surface area (TPSA) is 13.1 Å². The van der Waals surface area contributed by atoms with Gasteiger partial charge in [0, 0.05) is 5.56 Å². The molecule has 0 bridgehead atoms. The molecule has 0 amide bonds. The minimum atomic E-state index is -2.66. The fourth-order valence-electron chi connectivity index (χ4n) is 5.37. The molecule has 5 rings (SSSR count). The molecule has 0 unspecified atom stereocenters. The van der Waals surface area contributed by atoms with E-state index in [-0.39, 0.29) is 0 Å². The first-order valence-corrected chi connectivity index (χ1v) is 15.2. The van der Waals surface area contributed by atoms with Crippen molar-refractivity contribution in [3.05, 3.63) is 133 Å².